The Balaban J connectivity index is 2.53. The lowest BCUT2D eigenvalue weighted by Gasteiger charge is -2.00. The van der Waals surface area contributed by atoms with E-state index >= 15 is 0 Å². The molecule has 0 spiro atoms. The maximum Gasteiger partial charge on any atom is 0.373 e. The average Bonchev–Trinajstić information content (AvgIpc) is 2.77. The fourth-order valence-electron chi connectivity index (χ4n) is 1.70. The van der Waals surface area contributed by atoms with Crippen LogP contribution in [-0.4, -0.2) is 16.1 Å². The van der Waals surface area contributed by atoms with Gasteiger partial charge in [0.25, 0.3) is 0 Å². The third kappa shape index (κ3) is 3.17. The molecule has 0 atom stereocenters. The summed E-state index contributed by atoms with van der Waals surface area (Å²) in [5.74, 6) is -0.808. The van der Waals surface area contributed by atoms with Crippen LogP contribution in [0.25, 0.3) is 11.5 Å². The molecule has 1 N–H and O–H groups in total. The van der Waals surface area contributed by atoms with Gasteiger partial charge in [0.1, 0.15) is 0 Å². The topological polar surface area (TPSA) is 63.3 Å². The van der Waals surface area contributed by atoms with Gasteiger partial charge in [-0.1, -0.05) is 13.3 Å². The number of aromatic nitrogens is 1. The highest BCUT2D eigenvalue weighted by molar-refractivity contribution is 14.1. The van der Waals surface area contributed by atoms with Crippen molar-refractivity contribution in [3.05, 3.63) is 37.7 Å². The molecule has 0 bridgehead atoms. The first-order chi connectivity index (χ1) is 9.02. The largest absolute Gasteiger partial charge is 0.475 e. The highest BCUT2D eigenvalue weighted by Crippen LogP contribution is 2.31. The van der Waals surface area contributed by atoms with E-state index in [0.29, 0.717) is 18.0 Å². The molecule has 6 heteroatoms. The fraction of sp³-hybridized carbons (Fsp3) is 0.231. The SMILES string of the molecule is CCCc1nc(-c2cc(I)ccc2Br)oc1C(=O)O. The van der Waals surface area contributed by atoms with Gasteiger partial charge in [-0.25, -0.2) is 9.78 Å². The Labute approximate surface area is 132 Å². The number of aromatic carboxylic acids is 1. The summed E-state index contributed by atoms with van der Waals surface area (Å²) in [6.45, 7) is 1.97. The molecule has 0 aliphatic rings. The monoisotopic (exact) mass is 435 g/mol. The number of carboxylic acid groups (broad SMARTS) is 1. The number of hydrogen-bond acceptors (Lipinski definition) is 3. The lowest BCUT2D eigenvalue weighted by molar-refractivity contribution is 0.0661. The van der Waals surface area contributed by atoms with Gasteiger partial charge in [0, 0.05) is 8.04 Å². The summed E-state index contributed by atoms with van der Waals surface area (Å²) in [6.07, 6.45) is 1.41. The normalized spacial score (nSPS) is 10.7. The van der Waals surface area contributed by atoms with Gasteiger partial charge in [-0.2, -0.15) is 0 Å². The minimum absolute atomic E-state index is 0.0670. The number of carboxylic acids is 1. The van der Waals surface area contributed by atoms with Crippen molar-refractivity contribution < 1.29 is 14.3 Å². The predicted octanol–water partition coefficient (Wildman–Crippen LogP) is 4.36. The molecule has 1 heterocycles. The van der Waals surface area contributed by atoms with Crippen LogP contribution >= 0.6 is 38.5 Å². The third-order valence-corrected chi connectivity index (χ3v) is 3.90. The van der Waals surface area contributed by atoms with Crippen molar-refractivity contribution >= 4 is 44.5 Å². The molecule has 0 radical (unpaired) electrons. The van der Waals surface area contributed by atoms with Crippen LogP contribution in [-0.2, 0) is 6.42 Å². The van der Waals surface area contributed by atoms with Gasteiger partial charge in [-0.05, 0) is 63.1 Å². The van der Waals surface area contributed by atoms with E-state index in [4.69, 9.17) is 9.52 Å². The Bertz CT molecular complexity index is 624. The molecule has 0 aliphatic heterocycles. The Kier molecular flexibility index (Phi) is 4.62. The van der Waals surface area contributed by atoms with Crippen LogP contribution in [0.15, 0.2) is 27.1 Å². The van der Waals surface area contributed by atoms with Gasteiger partial charge in [0.15, 0.2) is 0 Å². The van der Waals surface area contributed by atoms with Crippen LogP contribution in [0.2, 0.25) is 0 Å². The standard InChI is InChI=1S/C13H11BrINO3/c1-2-3-10-11(13(17)18)19-12(16-10)8-6-7(15)4-5-9(8)14/h4-6H,2-3H2,1H3,(H,17,18). The first-order valence-electron chi connectivity index (χ1n) is 5.71. The fourth-order valence-corrected chi connectivity index (χ4v) is 2.61. The van der Waals surface area contributed by atoms with Crippen molar-refractivity contribution in [2.75, 3.05) is 0 Å². The van der Waals surface area contributed by atoms with Crippen molar-refractivity contribution in [2.45, 2.75) is 19.8 Å². The van der Waals surface area contributed by atoms with Gasteiger partial charge in [0.05, 0.1) is 11.3 Å². The van der Waals surface area contributed by atoms with Crippen LogP contribution in [0.3, 0.4) is 0 Å². The van der Waals surface area contributed by atoms with Crippen LogP contribution < -0.4 is 0 Å². The average molecular weight is 436 g/mol. The molecule has 0 saturated heterocycles. The number of hydrogen-bond donors (Lipinski definition) is 1. The van der Waals surface area contributed by atoms with E-state index < -0.39 is 5.97 Å². The highest BCUT2D eigenvalue weighted by Gasteiger charge is 2.20. The molecular weight excluding hydrogens is 425 g/mol. The molecule has 1 aromatic heterocycles. The molecule has 0 unspecified atom stereocenters. The van der Waals surface area contributed by atoms with E-state index in [1.807, 2.05) is 25.1 Å². The van der Waals surface area contributed by atoms with Crippen molar-refractivity contribution in [1.82, 2.24) is 4.98 Å². The second-order valence-electron chi connectivity index (χ2n) is 3.97. The van der Waals surface area contributed by atoms with E-state index in [9.17, 15) is 4.79 Å². The summed E-state index contributed by atoms with van der Waals surface area (Å²) in [4.78, 5) is 15.5. The Morgan fingerprint density at radius 1 is 1.53 bits per heavy atom. The summed E-state index contributed by atoms with van der Waals surface area (Å²) < 4.78 is 7.27. The molecule has 2 aromatic rings. The number of rotatable bonds is 4. The third-order valence-electron chi connectivity index (χ3n) is 2.54. The number of nitrogens with zero attached hydrogens (tertiary/aromatic N) is 1. The lowest BCUT2D eigenvalue weighted by atomic mass is 10.2. The van der Waals surface area contributed by atoms with Gasteiger partial charge in [0.2, 0.25) is 11.7 Å². The molecule has 4 nitrogen and oxygen atoms in total. The molecule has 0 saturated carbocycles. The maximum atomic E-state index is 11.1. The van der Waals surface area contributed by atoms with E-state index in [1.165, 1.54) is 0 Å². The quantitative estimate of drug-likeness (QED) is 0.724. The first kappa shape index (κ1) is 14.5. The van der Waals surface area contributed by atoms with Gasteiger partial charge >= 0.3 is 5.97 Å². The van der Waals surface area contributed by atoms with Gasteiger partial charge < -0.3 is 9.52 Å². The Hall–Kier alpha value is -0.890. The predicted molar refractivity (Wildman–Crippen MR) is 83.3 cm³/mol. The zero-order chi connectivity index (χ0) is 14.0. The molecule has 0 amide bonds. The maximum absolute atomic E-state index is 11.1. The number of carbonyl (C=O) groups is 1. The zero-order valence-electron chi connectivity index (χ0n) is 10.1. The van der Waals surface area contributed by atoms with E-state index in [0.717, 1.165) is 20.0 Å². The highest BCUT2D eigenvalue weighted by atomic mass is 127. The van der Waals surface area contributed by atoms with Crippen molar-refractivity contribution in [1.29, 1.82) is 0 Å². The minimum Gasteiger partial charge on any atom is -0.475 e. The van der Waals surface area contributed by atoms with Gasteiger partial charge in [-0.3, -0.25) is 0 Å². The van der Waals surface area contributed by atoms with Crippen molar-refractivity contribution in [3.63, 3.8) is 0 Å². The molecule has 0 fully saturated rings. The molecule has 2 rings (SSSR count). The molecule has 100 valence electrons. The number of aryl methyl sites for hydroxylation is 1. The van der Waals surface area contributed by atoms with E-state index in [2.05, 4.69) is 43.5 Å². The molecule has 1 aromatic carbocycles. The second kappa shape index (κ2) is 6.04. The minimum atomic E-state index is -1.08. The lowest BCUT2D eigenvalue weighted by Crippen LogP contribution is -1.99. The number of oxazole rings is 1. The number of halogens is 2. The summed E-state index contributed by atoms with van der Waals surface area (Å²) in [5.41, 5.74) is 1.26. The van der Waals surface area contributed by atoms with Crippen LogP contribution in [0, 0.1) is 3.57 Å². The smallest absolute Gasteiger partial charge is 0.373 e. The Morgan fingerprint density at radius 3 is 2.89 bits per heavy atom. The first-order valence-corrected chi connectivity index (χ1v) is 7.58. The van der Waals surface area contributed by atoms with Crippen molar-refractivity contribution in [3.8, 4) is 11.5 Å². The van der Waals surface area contributed by atoms with E-state index in [1.54, 1.807) is 0 Å². The number of benzene rings is 1. The van der Waals surface area contributed by atoms with E-state index in [-0.39, 0.29) is 5.76 Å². The summed E-state index contributed by atoms with van der Waals surface area (Å²) >= 11 is 5.61. The molecular formula is C13H11BrINO3. The van der Waals surface area contributed by atoms with Crippen molar-refractivity contribution in [2.24, 2.45) is 0 Å². The van der Waals surface area contributed by atoms with Crippen LogP contribution in [0.1, 0.15) is 29.6 Å². The zero-order valence-corrected chi connectivity index (χ0v) is 13.9. The second-order valence-corrected chi connectivity index (χ2v) is 6.07. The molecule has 0 aliphatic carbocycles. The van der Waals surface area contributed by atoms with Crippen LogP contribution in [0.5, 0.6) is 0 Å². The summed E-state index contributed by atoms with van der Waals surface area (Å²) in [7, 11) is 0. The van der Waals surface area contributed by atoms with Gasteiger partial charge in [-0.15, -0.1) is 0 Å². The summed E-state index contributed by atoms with van der Waals surface area (Å²) in [5, 5.41) is 9.13. The summed E-state index contributed by atoms with van der Waals surface area (Å²) in [6, 6.07) is 5.74. The molecule has 19 heavy (non-hydrogen) atoms. The van der Waals surface area contributed by atoms with Crippen LogP contribution in [0.4, 0.5) is 0 Å². The Morgan fingerprint density at radius 2 is 2.26 bits per heavy atom.